The summed E-state index contributed by atoms with van der Waals surface area (Å²) in [6.45, 7) is 3.24. The Kier molecular flexibility index (Phi) is 5.26. The maximum atomic E-state index is 12.2. The Labute approximate surface area is 146 Å². The first-order valence-electron chi connectivity index (χ1n) is 8.06. The summed E-state index contributed by atoms with van der Waals surface area (Å²) in [7, 11) is 0. The number of rotatable bonds is 4. The van der Waals surface area contributed by atoms with Crippen molar-refractivity contribution >= 4 is 23.2 Å². The van der Waals surface area contributed by atoms with Gasteiger partial charge in [-0.3, -0.25) is 4.79 Å². The Balaban J connectivity index is 1.64. The molecular formula is C19H20ClNO3. The molecule has 0 fully saturated rings. The molecule has 4 nitrogen and oxygen atoms in total. The van der Waals surface area contributed by atoms with Crippen molar-refractivity contribution in [2.24, 2.45) is 0 Å². The van der Waals surface area contributed by atoms with E-state index in [2.05, 4.69) is 11.4 Å². The molecule has 0 saturated heterocycles. The van der Waals surface area contributed by atoms with Crippen LogP contribution in [0.25, 0.3) is 0 Å². The number of hydrogen-bond donors (Lipinski definition) is 1. The Morgan fingerprint density at radius 2 is 1.92 bits per heavy atom. The minimum Gasteiger partial charge on any atom is -0.490 e. The summed E-state index contributed by atoms with van der Waals surface area (Å²) in [5.74, 6) is 1.16. The van der Waals surface area contributed by atoms with Gasteiger partial charge in [0.2, 0.25) is 5.91 Å². The molecule has 0 spiro atoms. The number of ether oxygens (including phenoxy) is 2. The zero-order valence-electron chi connectivity index (χ0n) is 13.6. The summed E-state index contributed by atoms with van der Waals surface area (Å²) in [6.07, 6.45) is 1.91. The summed E-state index contributed by atoms with van der Waals surface area (Å²) >= 11 is 6.25. The van der Waals surface area contributed by atoms with Crippen molar-refractivity contribution in [2.75, 3.05) is 18.5 Å². The monoisotopic (exact) mass is 345 g/mol. The molecule has 1 aliphatic rings. The van der Waals surface area contributed by atoms with Gasteiger partial charge in [-0.2, -0.15) is 0 Å². The van der Waals surface area contributed by atoms with E-state index in [-0.39, 0.29) is 5.91 Å². The van der Waals surface area contributed by atoms with Crippen LogP contribution in [0, 0.1) is 6.92 Å². The van der Waals surface area contributed by atoms with E-state index in [1.165, 1.54) is 5.56 Å². The maximum Gasteiger partial charge on any atom is 0.224 e. The summed E-state index contributed by atoms with van der Waals surface area (Å²) in [5.41, 5.74) is 2.89. The van der Waals surface area contributed by atoms with Gasteiger partial charge in [0.15, 0.2) is 11.5 Å². The van der Waals surface area contributed by atoms with Crippen molar-refractivity contribution in [2.45, 2.75) is 26.2 Å². The largest absolute Gasteiger partial charge is 0.490 e. The molecule has 0 unspecified atom stereocenters. The van der Waals surface area contributed by atoms with Crippen LogP contribution in [0.4, 0.5) is 5.69 Å². The highest BCUT2D eigenvalue weighted by Crippen LogP contribution is 2.37. The first-order valence-corrected chi connectivity index (χ1v) is 8.44. The second kappa shape index (κ2) is 7.58. The molecule has 0 atom stereocenters. The van der Waals surface area contributed by atoms with Crippen molar-refractivity contribution in [1.82, 2.24) is 0 Å². The van der Waals surface area contributed by atoms with Crippen LogP contribution >= 0.6 is 11.6 Å². The third kappa shape index (κ3) is 4.20. The van der Waals surface area contributed by atoms with E-state index in [4.69, 9.17) is 21.1 Å². The Bertz CT molecular complexity index is 745. The fourth-order valence-corrected chi connectivity index (χ4v) is 2.82. The van der Waals surface area contributed by atoms with Gasteiger partial charge < -0.3 is 14.8 Å². The zero-order valence-corrected chi connectivity index (χ0v) is 14.4. The summed E-state index contributed by atoms with van der Waals surface area (Å²) in [5, 5.41) is 3.31. The lowest BCUT2D eigenvalue weighted by molar-refractivity contribution is -0.116. The highest BCUT2D eigenvalue weighted by Gasteiger charge is 2.15. The lowest BCUT2D eigenvalue weighted by Gasteiger charge is -2.12. The van der Waals surface area contributed by atoms with Crippen LogP contribution in [-0.4, -0.2) is 19.1 Å². The Morgan fingerprint density at radius 1 is 1.17 bits per heavy atom. The molecule has 0 radical (unpaired) electrons. The van der Waals surface area contributed by atoms with E-state index in [1.807, 2.05) is 25.1 Å². The van der Waals surface area contributed by atoms with Crippen molar-refractivity contribution < 1.29 is 14.3 Å². The molecule has 1 heterocycles. The second-order valence-corrected chi connectivity index (χ2v) is 6.27. The van der Waals surface area contributed by atoms with Gasteiger partial charge in [-0.15, -0.1) is 0 Å². The highest BCUT2D eigenvalue weighted by atomic mass is 35.5. The molecule has 0 aromatic heterocycles. The van der Waals surface area contributed by atoms with Crippen molar-refractivity contribution in [1.29, 1.82) is 0 Å². The average molecular weight is 346 g/mol. The van der Waals surface area contributed by atoms with Gasteiger partial charge >= 0.3 is 0 Å². The number of fused-ring (bicyclic) bond motifs is 1. The quantitative estimate of drug-likeness (QED) is 0.894. The Hall–Kier alpha value is -2.20. The van der Waals surface area contributed by atoms with Crippen LogP contribution in [-0.2, 0) is 11.2 Å². The van der Waals surface area contributed by atoms with Gasteiger partial charge in [0.1, 0.15) is 0 Å². The smallest absolute Gasteiger partial charge is 0.224 e. The number of carbonyl (C=O) groups is 1. The SMILES string of the molecule is Cc1cccc(CCC(=O)Nc2cc3c(cc2Cl)OCCCO3)c1. The molecule has 0 bridgehead atoms. The fraction of sp³-hybridized carbons (Fsp3) is 0.316. The fourth-order valence-electron chi connectivity index (χ4n) is 2.62. The molecule has 126 valence electrons. The molecule has 1 N–H and O–H groups in total. The van der Waals surface area contributed by atoms with E-state index < -0.39 is 0 Å². The minimum atomic E-state index is -0.0760. The number of hydrogen-bond acceptors (Lipinski definition) is 3. The molecule has 3 rings (SSSR count). The van der Waals surface area contributed by atoms with Gasteiger partial charge in [0, 0.05) is 25.0 Å². The normalized spacial score (nSPS) is 13.2. The third-order valence-electron chi connectivity index (χ3n) is 3.83. The van der Waals surface area contributed by atoms with E-state index >= 15 is 0 Å². The average Bonchev–Trinajstić information content (AvgIpc) is 2.78. The van der Waals surface area contributed by atoms with Gasteiger partial charge in [-0.25, -0.2) is 0 Å². The molecule has 0 saturated carbocycles. The number of carbonyl (C=O) groups excluding carboxylic acids is 1. The van der Waals surface area contributed by atoms with Crippen LogP contribution < -0.4 is 14.8 Å². The van der Waals surface area contributed by atoms with E-state index in [9.17, 15) is 4.79 Å². The molecule has 0 aliphatic carbocycles. The van der Waals surface area contributed by atoms with Crippen molar-refractivity contribution in [3.05, 3.63) is 52.5 Å². The highest BCUT2D eigenvalue weighted by molar-refractivity contribution is 6.34. The van der Waals surface area contributed by atoms with E-state index in [0.29, 0.717) is 48.3 Å². The number of aryl methyl sites for hydroxylation is 2. The molecule has 24 heavy (non-hydrogen) atoms. The standard InChI is InChI=1S/C19H20ClNO3/c1-13-4-2-5-14(10-13)6-7-19(22)21-16-12-18-17(11-15(16)20)23-8-3-9-24-18/h2,4-5,10-12H,3,6-9H2,1H3,(H,21,22). The lowest BCUT2D eigenvalue weighted by atomic mass is 10.1. The number of anilines is 1. The maximum absolute atomic E-state index is 12.2. The number of nitrogens with one attached hydrogen (secondary N) is 1. The van der Waals surface area contributed by atoms with Gasteiger partial charge in [-0.05, 0) is 18.9 Å². The second-order valence-electron chi connectivity index (χ2n) is 5.87. The van der Waals surface area contributed by atoms with Crippen molar-refractivity contribution in [3.8, 4) is 11.5 Å². The van der Waals surface area contributed by atoms with E-state index in [1.54, 1.807) is 12.1 Å². The lowest BCUT2D eigenvalue weighted by Crippen LogP contribution is -2.13. The predicted octanol–water partition coefficient (Wildman–Crippen LogP) is 4.38. The van der Waals surface area contributed by atoms with Gasteiger partial charge in [-0.1, -0.05) is 41.4 Å². The summed E-state index contributed by atoms with van der Waals surface area (Å²) in [4.78, 5) is 12.2. The van der Waals surface area contributed by atoms with Gasteiger partial charge in [0.05, 0.1) is 23.9 Å². The molecular weight excluding hydrogens is 326 g/mol. The van der Waals surface area contributed by atoms with Crippen LogP contribution in [0.2, 0.25) is 5.02 Å². The van der Waals surface area contributed by atoms with Gasteiger partial charge in [0.25, 0.3) is 0 Å². The van der Waals surface area contributed by atoms with Crippen LogP contribution in [0.15, 0.2) is 36.4 Å². The minimum absolute atomic E-state index is 0.0760. The molecule has 2 aromatic rings. The third-order valence-corrected chi connectivity index (χ3v) is 4.15. The van der Waals surface area contributed by atoms with Crippen LogP contribution in [0.5, 0.6) is 11.5 Å². The molecule has 2 aromatic carbocycles. The molecule has 5 heteroatoms. The summed E-state index contributed by atoms with van der Waals surface area (Å²) < 4.78 is 11.2. The van der Waals surface area contributed by atoms with Crippen molar-refractivity contribution in [3.63, 3.8) is 0 Å². The number of amides is 1. The topological polar surface area (TPSA) is 47.6 Å². The number of benzene rings is 2. The molecule has 1 amide bonds. The summed E-state index contributed by atoms with van der Waals surface area (Å²) in [6, 6.07) is 11.6. The van der Waals surface area contributed by atoms with Crippen LogP contribution in [0.3, 0.4) is 0 Å². The zero-order chi connectivity index (χ0) is 16.9. The first-order chi connectivity index (χ1) is 11.6. The predicted molar refractivity (Wildman–Crippen MR) is 95.2 cm³/mol. The first kappa shape index (κ1) is 16.7. The molecule has 1 aliphatic heterocycles. The van der Waals surface area contributed by atoms with Crippen LogP contribution in [0.1, 0.15) is 24.0 Å². The number of halogens is 1. The Morgan fingerprint density at radius 3 is 2.67 bits per heavy atom. The van der Waals surface area contributed by atoms with E-state index in [0.717, 1.165) is 12.0 Å².